The standard InChI is InChI=1S/C21H24N2O3/c1-5-23-18-10-8-15(26-6-2)12-16(18)14(4)20(23)21(25)22-17-9-7-13(3)11-19(17)24/h7-12,24H,5-6H2,1-4H3,(H,22,25). The lowest BCUT2D eigenvalue weighted by Crippen LogP contribution is -2.18. The first-order valence-electron chi connectivity index (χ1n) is 8.82. The van der Waals surface area contributed by atoms with Gasteiger partial charge in [0.1, 0.15) is 17.2 Å². The number of carbonyl (C=O) groups is 1. The Balaban J connectivity index is 2.05. The molecule has 0 saturated heterocycles. The van der Waals surface area contributed by atoms with Gasteiger partial charge in [0.25, 0.3) is 5.91 Å². The normalized spacial score (nSPS) is 10.9. The number of phenols is 1. The van der Waals surface area contributed by atoms with Gasteiger partial charge in [-0.05, 0) is 69.2 Å². The SMILES string of the molecule is CCOc1ccc2c(c1)c(C)c(C(=O)Nc1ccc(C)cc1O)n2CC. The molecule has 3 aromatic rings. The molecule has 0 bridgehead atoms. The number of aryl methyl sites for hydroxylation is 3. The summed E-state index contributed by atoms with van der Waals surface area (Å²) < 4.78 is 7.58. The van der Waals surface area contributed by atoms with Gasteiger partial charge in [0.05, 0.1) is 12.3 Å². The van der Waals surface area contributed by atoms with E-state index >= 15 is 0 Å². The lowest BCUT2D eigenvalue weighted by molar-refractivity contribution is 0.101. The Morgan fingerprint density at radius 1 is 1.15 bits per heavy atom. The molecule has 5 nitrogen and oxygen atoms in total. The van der Waals surface area contributed by atoms with Gasteiger partial charge in [-0.2, -0.15) is 0 Å². The van der Waals surface area contributed by atoms with Crippen molar-refractivity contribution in [2.24, 2.45) is 0 Å². The Morgan fingerprint density at radius 2 is 1.92 bits per heavy atom. The first kappa shape index (κ1) is 17.9. The Labute approximate surface area is 153 Å². The van der Waals surface area contributed by atoms with E-state index in [2.05, 4.69) is 5.32 Å². The summed E-state index contributed by atoms with van der Waals surface area (Å²) in [6.07, 6.45) is 0. The van der Waals surface area contributed by atoms with Crippen LogP contribution in [0.3, 0.4) is 0 Å². The molecule has 5 heteroatoms. The van der Waals surface area contributed by atoms with E-state index in [0.29, 0.717) is 24.5 Å². The van der Waals surface area contributed by atoms with Crippen LogP contribution in [0.2, 0.25) is 0 Å². The van der Waals surface area contributed by atoms with Crippen molar-refractivity contribution in [1.82, 2.24) is 4.57 Å². The number of aromatic nitrogens is 1. The summed E-state index contributed by atoms with van der Waals surface area (Å²) >= 11 is 0. The van der Waals surface area contributed by atoms with E-state index in [-0.39, 0.29) is 11.7 Å². The van der Waals surface area contributed by atoms with Crippen LogP contribution in [-0.2, 0) is 6.54 Å². The van der Waals surface area contributed by atoms with E-state index in [9.17, 15) is 9.90 Å². The second kappa shape index (κ2) is 7.12. The highest BCUT2D eigenvalue weighted by molar-refractivity contribution is 6.09. The number of amides is 1. The van der Waals surface area contributed by atoms with E-state index in [0.717, 1.165) is 27.8 Å². The minimum Gasteiger partial charge on any atom is -0.506 e. The lowest BCUT2D eigenvalue weighted by Gasteiger charge is -2.11. The van der Waals surface area contributed by atoms with E-state index in [1.54, 1.807) is 12.1 Å². The van der Waals surface area contributed by atoms with Crippen LogP contribution in [0.25, 0.3) is 10.9 Å². The van der Waals surface area contributed by atoms with Gasteiger partial charge in [-0.3, -0.25) is 4.79 Å². The molecule has 1 amide bonds. The fourth-order valence-electron chi connectivity index (χ4n) is 3.31. The predicted molar refractivity (Wildman–Crippen MR) is 104 cm³/mol. The second-order valence-corrected chi connectivity index (χ2v) is 6.30. The second-order valence-electron chi connectivity index (χ2n) is 6.30. The number of carbonyl (C=O) groups excluding carboxylic acids is 1. The number of benzene rings is 2. The monoisotopic (exact) mass is 352 g/mol. The van der Waals surface area contributed by atoms with Crippen LogP contribution in [0.4, 0.5) is 5.69 Å². The highest BCUT2D eigenvalue weighted by Gasteiger charge is 2.21. The van der Waals surface area contributed by atoms with Crippen LogP contribution >= 0.6 is 0 Å². The predicted octanol–water partition coefficient (Wildman–Crippen LogP) is 4.63. The zero-order chi connectivity index (χ0) is 18.8. The van der Waals surface area contributed by atoms with Crippen LogP contribution in [-0.4, -0.2) is 22.2 Å². The summed E-state index contributed by atoms with van der Waals surface area (Å²) in [5.41, 5.74) is 3.82. The van der Waals surface area contributed by atoms with Crippen LogP contribution < -0.4 is 10.1 Å². The maximum Gasteiger partial charge on any atom is 0.272 e. The van der Waals surface area contributed by atoms with E-state index in [1.807, 2.05) is 56.5 Å². The molecule has 1 heterocycles. The lowest BCUT2D eigenvalue weighted by atomic mass is 10.1. The molecular formula is C21H24N2O3. The van der Waals surface area contributed by atoms with Crippen molar-refractivity contribution in [2.45, 2.75) is 34.2 Å². The summed E-state index contributed by atoms with van der Waals surface area (Å²) in [6.45, 7) is 9.05. The Hall–Kier alpha value is -2.95. The molecular weight excluding hydrogens is 328 g/mol. The smallest absolute Gasteiger partial charge is 0.272 e. The number of ether oxygens (including phenoxy) is 1. The summed E-state index contributed by atoms with van der Waals surface area (Å²) in [6, 6.07) is 11.1. The molecule has 3 rings (SSSR count). The summed E-state index contributed by atoms with van der Waals surface area (Å²) in [5.74, 6) is 0.617. The van der Waals surface area contributed by atoms with Gasteiger partial charge in [-0.25, -0.2) is 0 Å². The number of rotatable bonds is 5. The Kier molecular flexibility index (Phi) is 4.89. The summed E-state index contributed by atoms with van der Waals surface area (Å²) in [7, 11) is 0. The molecule has 0 aliphatic rings. The third-order valence-corrected chi connectivity index (χ3v) is 4.53. The number of anilines is 1. The number of nitrogens with one attached hydrogen (secondary N) is 1. The van der Waals surface area contributed by atoms with Gasteiger partial charge < -0.3 is 19.7 Å². The van der Waals surface area contributed by atoms with Gasteiger partial charge in [0, 0.05) is 17.4 Å². The molecule has 26 heavy (non-hydrogen) atoms. The van der Waals surface area contributed by atoms with Crippen molar-refractivity contribution in [3.05, 3.63) is 53.2 Å². The fourth-order valence-corrected chi connectivity index (χ4v) is 3.31. The van der Waals surface area contributed by atoms with Gasteiger partial charge >= 0.3 is 0 Å². The molecule has 2 aromatic carbocycles. The number of nitrogens with zero attached hydrogens (tertiary/aromatic N) is 1. The molecule has 0 unspecified atom stereocenters. The van der Waals surface area contributed by atoms with Gasteiger partial charge in [0.2, 0.25) is 0 Å². The van der Waals surface area contributed by atoms with Crippen LogP contribution in [0.15, 0.2) is 36.4 Å². The first-order chi connectivity index (χ1) is 12.5. The molecule has 1 aromatic heterocycles. The first-order valence-corrected chi connectivity index (χ1v) is 8.82. The molecule has 0 saturated carbocycles. The number of fused-ring (bicyclic) bond motifs is 1. The molecule has 0 spiro atoms. The van der Waals surface area contributed by atoms with Crippen molar-refractivity contribution in [2.75, 3.05) is 11.9 Å². The number of hydrogen-bond acceptors (Lipinski definition) is 3. The number of aromatic hydroxyl groups is 1. The van der Waals surface area contributed by atoms with Crippen LogP contribution in [0.5, 0.6) is 11.5 Å². The number of phenolic OH excluding ortho intramolecular Hbond substituents is 1. The maximum absolute atomic E-state index is 13.0. The minimum absolute atomic E-state index is 0.0637. The largest absolute Gasteiger partial charge is 0.506 e. The Bertz CT molecular complexity index is 973. The Morgan fingerprint density at radius 3 is 2.58 bits per heavy atom. The van der Waals surface area contributed by atoms with Gasteiger partial charge in [0.15, 0.2) is 0 Å². The molecule has 0 aliphatic carbocycles. The van der Waals surface area contributed by atoms with Crippen molar-refractivity contribution in [1.29, 1.82) is 0 Å². The van der Waals surface area contributed by atoms with Crippen LogP contribution in [0.1, 0.15) is 35.5 Å². The average Bonchev–Trinajstić information content (AvgIpc) is 2.89. The molecule has 0 fully saturated rings. The molecule has 0 atom stereocenters. The van der Waals surface area contributed by atoms with E-state index in [1.165, 1.54) is 0 Å². The van der Waals surface area contributed by atoms with Crippen molar-refractivity contribution in [3.8, 4) is 11.5 Å². The molecule has 136 valence electrons. The van der Waals surface area contributed by atoms with Crippen molar-refractivity contribution >= 4 is 22.5 Å². The van der Waals surface area contributed by atoms with E-state index in [4.69, 9.17) is 4.74 Å². The van der Waals surface area contributed by atoms with Crippen LogP contribution in [0, 0.1) is 13.8 Å². The highest BCUT2D eigenvalue weighted by atomic mass is 16.5. The molecule has 0 radical (unpaired) electrons. The van der Waals surface area contributed by atoms with E-state index < -0.39 is 0 Å². The maximum atomic E-state index is 13.0. The molecule has 2 N–H and O–H groups in total. The van der Waals surface area contributed by atoms with Crippen molar-refractivity contribution in [3.63, 3.8) is 0 Å². The van der Waals surface area contributed by atoms with Gasteiger partial charge in [-0.1, -0.05) is 6.07 Å². The summed E-state index contributed by atoms with van der Waals surface area (Å²) in [4.78, 5) is 13.0. The highest BCUT2D eigenvalue weighted by Crippen LogP contribution is 2.31. The quantitative estimate of drug-likeness (QED) is 0.658. The molecule has 0 aliphatic heterocycles. The third kappa shape index (κ3) is 3.12. The summed E-state index contributed by atoms with van der Waals surface area (Å²) in [5, 5.41) is 13.9. The average molecular weight is 352 g/mol. The van der Waals surface area contributed by atoms with Gasteiger partial charge in [-0.15, -0.1) is 0 Å². The minimum atomic E-state index is -0.238. The fraction of sp³-hybridized carbons (Fsp3) is 0.286. The topological polar surface area (TPSA) is 63.5 Å². The van der Waals surface area contributed by atoms with Crippen molar-refractivity contribution < 1.29 is 14.6 Å². The zero-order valence-electron chi connectivity index (χ0n) is 15.6. The number of hydrogen-bond donors (Lipinski definition) is 2. The third-order valence-electron chi connectivity index (χ3n) is 4.53. The zero-order valence-corrected chi connectivity index (χ0v) is 15.6.